The molecule has 0 amide bonds. The normalized spacial score (nSPS) is 25.1. The minimum absolute atomic E-state index is 0.0761. The van der Waals surface area contributed by atoms with Crippen LogP contribution in [0.3, 0.4) is 0 Å². The SMILES string of the molecule is CCCCCCC[CH2][Sn]1([CH2]CCCCCCC)[O][C@H]2[C@H]([O]1)[C@H](n1ccc3c(N)ncnc31)O[C@H]2CO. The Hall–Kier alpha value is -0.941. The van der Waals surface area contributed by atoms with Gasteiger partial charge in [0.25, 0.3) is 0 Å². The fraction of sp³-hybridized carbons (Fsp3) is 0.778. The van der Waals surface area contributed by atoms with E-state index < -0.39 is 19.2 Å². The van der Waals surface area contributed by atoms with Gasteiger partial charge in [-0.15, -0.1) is 0 Å². The summed E-state index contributed by atoms with van der Waals surface area (Å²) in [6.45, 7) is 4.44. The van der Waals surface area contributed by atoms with Crippen LogP contribution in [0.1, 0.15) is 97.1 Å². The molecule has 0 aliphatic carbocycles. The van der Waals surface area contributed by atoms with Crippen molar-refractivity contribution in [1.29, 1.82) is 0 Å². The fourth-order valence-electron chi connectivity index (χ4n) is 5.78. The molecule has 0 bridgehead atoms. The van der Waals surface area contributed by atoms with E-state index in [0.29, 0.717) is 5.82 Å². The summed E-state index contributed by atoms with van der Waals surface area (Å²) in [5.74, 6) is 0.454. The summed E-state index contributed by atoms with van der Waals surface area (Å²) in [7, 11) is 0. The first-order valence-electron chi connectivity index (χ1n) is 14.3. The number of nitrogen functional groups attached to an aromatic ring is 1. The summed E-state index contributed by atoms with van der Waals surface area (Å²) < 4.78 is 24.4. The molecule has 4 heterocycles. The van der Waals surface area contributed by atoms with E-state index in [2.05, 4.69) is 23.8 Å². The number of aliphatic hydroxyl groups excluding tert-OH is 1. The topological polar surface area (TPSA) is 105 Å². The molecule has 3 N–H and O–H groups in total. The number of anilines is 1. The van der Waals surface area contributed by atoms with E-state index in [1.807, 2.05) is 16.8 Å². The van der Waals surface area contributed by atoms with Crippen molar-refractivity contribution in [2.75, 3.05) is 12.3 Å². The van der Waals surface area contributed by atoms with Gasteiger partial charge in [-0.2, -0.15) is 0 Å². The molecule has 0 radical (unpaired) electrons. The van der Waals surface area contributed by atoms with E-state index in [-0.39, 0.29) is 31.1 Å². The Morgan fingerprint density at radius 1 is 0.889 bits per heavy atom. The van der Waals surface area contributed by atoms with Gasteiger partial charge in [0.15, 0.2) is 0 Å². The molecule has 0 saturated carbocycles. The third kappa shape index (κ3) is 6.54. The van der Waals surface area contributed by atoms with Crippen LogP contribution in [0.25, 0.3) is 11.0 Å². The van der Waals surface area contributed by atoms with Crippen LogP contribution in [0.5, 0.6) is 0 Å². The zero-order valence-electron chi connectivity index (χ0n) is 22.2. The molecule has 36 heavy (non-hydrogen) atoms. The van der Waals surface area contributed by atoms with Crippen molar-refractivity contribution in [3.8, 4) is 0 Å². The number of fused-ring (bicyclic) bond motifs is 2. The van der Waals surface area contributed by atoms with Gasteiger partial charge >= 0.3 is 222 Å². The molecule has 2 fully saturated rings. The van der Waals surface area contributed by atoms with Gasteiger partial charge < -0.3 is 0 Å². The Bertz CT molecular complexity index is 926. The van der Waals surface area contributed by atoms with Gasteiger partial charge in [0.2, 0.25) is 0 Å². The number of nitrogens with zero attached hydrogens (tertiary/aromatic N) is 3. The monoisotopic (exact) mass is 610 g/mol. The van der Waals surface area contributed by atoms with Gasteiger partial charge in [0.1, 0.15) is 0 Å². The quantitative estimate of drug-likeness (QED) is 0.182. The summed E-state index contributed by atoms with van der Waals surface area (Å²) in [5.41, 5.74) is 6.81. The number of rotatable bonds is 16. The van der Waals surface area contributed by atoms with Crippen LogP contribution in [-0.2, 0) is 10.9 Å². The number of hydrogen-bond donors (Lipinski definition) is 2. The second-order valence-electron chi connectivity index (χ2n) is 10.6. The average Bonchev–Trinajstić information content (AvgIpc) is 3.56. The Kier molecular flexibility index (Phi) is 10.7. The van der Waals surface area contributed by atoms with E-state index in [0.717, 1.165) is 19.9 Å². The van der Waals surface area contributed by atoms with Crippen LogP contribution in [-0.4, -0.2) is 63.8 Å². The first-order chi connectivity index (χ1) is 17.6. The van der Waals surface area contributed by atoms with Crippen LogP contribution in [0, 0.1) is 0 Å². The molecular formula is C27H46N4O4Sn. The first-order valence-corrected chi connectivity index (χ1v) is 20.7. The van der Waals surface area contributed by atoms with Crippen molar-refractivity contribution in [3.05, 3.63) is 18.6 Å². The third-order valence-corrected chi connectivity index (χ3v) is 18.2. The molecule has 2 aliphatic rings. The van der Waals surface area contributed by atoms with Crippen LogP contribution in [0.2, 0.25) is 8.87 Å². The second-order valence-corrected chi connectivity index (χ2v) is 20.0. The molecule has 4 rings (SSSR count). The van der Waals surface area contributed by atoms with E-state index >= 15 is 0 Å². The van der Waals surface area contributed by atoms with Crippen LogP contribution < -0.4 is 5.73 Å². The third-order valence-electron chi connectivity index (χ3n) is 7.80. The number of aromatic nitrogens is 3. The maximum absolute atomic E-state index is 10.2. The van der Waals surface area contributed by atoms with Gasteiger partial charge in [-0.3, -0.25) is 0 Å². The molecule has 4 atom stereocenters. The molecule has 0 spiro atoms. The zero-order valence-corrected chi connectivity index (χ0v) is 25.1. The molecule has 2 saturated heterocycles. The average molecular weight is 609 g/mol. The molecule has 2 aromatic rings. The number of unbranched alkanes of at least 4 members (excludes halogenated alkanes) is 10. The number of hydrogen-bond acceptors (Lipinski definition) is 7. The zero-order chi connectivity index (χ0) is 25.4. The predicted octanol–water partition coefficient (Wildman–Crippen LogP) is 5.85. The minimum atomic E-state index is -3.34. The summed E-state index contributed by atoms with van der Waals surface area (Å²) in [5, 5.41) is 11.0. The van der Waals surface area contributed by atoms with Crippen molar-refractivity contribution in [1.82, 2.24) is 14.5 Å². The predicted molar refractivity (Wildman–Crippen MR) is 145 cm³/mol. The summed E-state index contributed by atoms with van der Waals surface area (Å²) in [6, 6.07) is 1.92. The van der Waals surface area contributed by atoms with Crippen molar-refractivity contribution in [3.63, 3.8) is 0 Å². The van der Waals surface area contributed by atoms with Crippen molar-refractivity contribution < 1.29 is 16.0 Å². The molecule has 8 nitrogen and oxygen atoms in total. The van der Waals surface area contributed by atoms with Crippen LogP contribution in [0.4, 0.5) is 5.82 Å². The molecule has 2 aromatic heterocycles. The standard InChI is InChI=1S/C11H12N4O4.2C8H17.Sn/c12-9-5-1-2-15(10(5)14-4-13-9)11-8(18)7(17)6(3-16)19-11;2*1-3-5-7-8-6-4-2;/h1-2,4,6-8,11,16H,3H2,(H2,12,13,14);2*1,3-8H2,2H3;/q-2;;;+2/t6-,7+,8-,11+;;;/m0.../s1. The van der Waals surface area contributed by atoms with Crippen molar-refractivity contribution in [2.45, 2.75) is 124 Å². The summed E-state index contributed by atoms with van der Waals surface area (Å²) >= 11 is -3.34. The van der Waals surface area contributed by atoms with Crippen LogP contribution >= 0.6 is 0 Å². The Morgan fingerprint density at radius 2 is 1.50 bits per heavy atom. The van der Waals surface area contributed by atoms with Gasteiger partial charge in [-0.05, 0) is 0 Å². The van der Waals surface area contributed by atoms with Gasteiger partial charge in [0.05, 0.1) is 0 Å². The molecule has 202 valence electrons. The van der Waals surface area contributed by atoms with E-state index in [1.54, 1.807) is 0 Å². The molecule has 2 aliphatic heterocycles. The molecule has 0 aromatic carbocycles. The van der Waals surface area contributed by atoms with E-state index in [9.17, 15) is 5.11 Å². The summed E-state index contributed by atoms with van der Waals surface area (Å²) in [4.78, 5) is 8.58. The van der Waals surface area contributed by atoms with Gasteiger partial charge in [0, 0.05) is 0 Å². The molecule has 9 heteroatoms. The van der Waals surface area contributed by atoms with E-state index in [4.69, 9.17) is 16.6 Å². The molecular weight excluding hydrogens is 563 g/mol. The maximum atomic E-state index is 10.2. The van der Waals surface area contributed by atoms with Crippen molar-refractivity contribution >= 4 is 36.1 Å². The van der Waals surface area contributed by atoms with E-state index in [1.165, 1.54) is 83.4 Å². The first kappa shape index (κ1) is 28.1. The number of nitrogens with two attached hydrogens (primary N) is 1. The molecule has 0 unspecified atom stereocenters. The van der Waals surface area contributed by atoms with Gasteiger partial charge in [-0.1, -0.05) is 0 Å². The number of aliphatic hydroxyl groups is 1. The summed E-state index contributed by atoms with van der Waals surface area (Å²) in [6.07, 6.45) is 17.5. The van der Waals surface area contributed by atoms with Crippen LogP contribution in [0.15, 0.2) is 18.6 Å². The Balaban J connectivity index is 1.47. The van der Waals surface area contributed by atoms with Gasteiger partial charge in [-0.25, -0.2) is 0 Å². The number of ether oxygens (including phenoxy) is 1. The second kappa shape index (κ2) is 13.7. The fourth-order valence-corrected chi connectivity index (χ4v) is 16.9. The Labute approximate surface area is 221 Å². The Morgan fingerprint density at radius 3 is 2.14 bits per heavy atom. The van der Waals surface area contributed by atoms with Crippen molar-refractivity contribution in [2.24, 2.45) is 0 Å².